The SMILES string of the molecule is CC(C)(C)CNC(=O)N1CCN(c2ccc(F)cc2)CC1. The van der Waals surface area contributed by atoms with Crippen molar-refractivity contribution >= 4 is 11.7 Å². The number of hydrogen-bond acceptors (Lipinski definition) is 2. The highest BCUT2D eigenvalue weighted by molar-refractivity contribution is 5.74. The van der Waals surface area contributed by atoms with Crippen LogP contribution in [0.5, 0.6) is 0 Å². The van der Waals surface area contributed by atoms with Gasteiger partial charge in [0, 0.05) is 38.4 Å². The Morgan fingerprint density at radius 1 is 1.14 bits per heavy atom. The van der Waals surface area contributed by atoms with Crippen LogP contribution >= 0.6 is 0 Å². The van der Waals surface area contributed by atoms with Crippen molar-refractivity contribution in [1.82, 2.24) is 10.2 Å². The second kappa shape index (κ2) is 6.33. The number of rotatable bonds is 2. The highest BCUT2D eigenvalue weighted by Gasteiger charge is 2.22. The summed E-state index contributed by atoms with van der Waals surface area (Å²) in [5, 5.41) is 2.97. The number of carbonyl (C=O) groups is 1. The van der Waals surface area contributed by atoms with Crippen molar-refractivity contribution in [3.05, 3.63) is 30.1 Å². The van der Waals surface area contributed by atoms with Crippen molar-refractivity contribution in [1.29, 1.82) is 0 Å². The predicted octanol–water partition coefficient (Wildman–Crippen LogP) is 2.70. The molecule has 1 heterocycles. The van der Waals surface area contributed by atoms with Gasteiger partial charge in [-0.3, -0.25) is 0 Å². The van der Waals surface area contributed by atoms with E-state index in [1.54, 1.807) is 12.1 Å². The first-order chi connectivity index (χ1) is 9.85. The fourth-order valence-corrected chi connectivity index (χ4v) is 2.27. The van der Waals surface area contributed by atoms with Crippen LogP contribution in [0.2, 0.25) is 0 Å². The van der Waals surface area contributed by atoms with Gasteiger partial charge < -0.3 is 15.1 Å². The van der Waals surface area contributed by atoms with Crippen molar-refractivity contribution in [2.45, 2.75) is 20.8 Å². The number of urea groups is 1. The van der Waals surface area contributed by atoms with E-state index in [1.165, 1.54) is 12.1 Å². The highest BCUT2D eigenvalue weighted by atomic mass is 19.1. The summed E-state index contributed by atoms with van der Waals surface area (Å²) in [6, 6.07) is 6.51. The van der Waals surface area contributed by atoms with Crippen molar-refractivity contribution in [2.75, 3.05) is 37.6 Å². The molecule has 0 aliphatic carbocycles. The molecular formula is C16H24FN3O. The van der Waals surface area contributed by atoms with E-state index in [0.717, 1.165) is 18.8 Å². The monoisotopic (exact) mass is 293 g/mol. The molecule has 0 unspecified atom stereocenters. The maximum absolute atomic E-state index is 12.9. The molecule has 0 atom stereocenters. The fraction of sp³-hybridized carbons (Fsp3) is 0.562. The van der Waals surface area contributed by atoms with E-state index in [0.29, 0.717) is 19.6 Å². The molecule has 0 radical (unpaired) electrons. The zero-order valence-corrected chi connectivity index (χ0v) is 13.0. The first-order valence-electron chi connectivity index (χ1n) is 7.38. The van der Waals surface area contributed by atoms with Gasteiger partial charge in [0.05, 0.1) is 0 Å². The molecule has 21 heavy (non-hydrogen) atoms. The Bertz CT molecular complexity index is 473. The maximum atomic E-state index is 12.9. The molecule has 1 fully saturated rings. The van der Waals surface area contributed by atoms with Gasteiger partial charge >= 0.3 is 6.03 Å². The molecule has 0 spiro atoms. The lowest BCUT2D eigenvalue weighted by Crippen LogP contribution is -2.52. The summed E-state index contributed by atoms with van der Waals surface area (Å²) < 4.78 is 12.9. The first kappa shape index (κ1) is 15.6. The highest BCUT2D eigenvalue weighted by Crippen LogP contribution is 2.17. The number of amides is 2. The molecule has 2 amide bonds. The average Bonchev–Trinajstić information content (AvgIpc) is 2.45. The molecule has 1 aromatic carbocycles. The van der Waals surface area contributed by atoms with Crippen LogP contribution in [0.15, 0.2) is 24.3 Å². The third-order valence-corrected chi connectivity index (χ3v) is 3.53. The maximum Gasteiger partial charge on any atom is 0.317 e. The van der Waals surface area contributed by atoms with Gasteiger partial charge in [-0.05, 0) is 29.7 Å². The molecule has 116 valence electrons. The minimum absolute atomic E-state index is 0.00341. The number of halogens is 1. The zero-order chi connectivity index (χ0) is 15.5. The fourth-order valence-electron chi connectivity index (χ4n) is 2.27. The summed E-state index contributed by atoms with van der Waals surface area (Å²) in [7, 11) is 0. The van der Waals surface area contributed by atoms with E-state index in [-0.39, 0.29) is 17.3 Å². The smallest absolute Gasteiger partial charge is 0.317 e. The van der Waals surface area contributed by atoms with Crippen molar-refractivity contribution < 1.29 is 9.18 Å². The number of carbonyl (C=O) groups excluding carboxylic acids is 1. The Labute approximate surface area is 125 Å². The molecule has 1 saturated heterocycles. The third-order valence-electron chi connectivity index (χ3n) is 3.53. The van der Waals surface area contributed by atoms with E-state index < -0.39 is 0 Å². The molecule has 0 aromatic heterocycles. The number of piperazine rings is 1. The van der Waals surface area contributed by atoms with Crippen molar-refractivity contribution in [3.63, 3.8) is 0 Å². The molecule has 1 N–H and O–H groups in total. The Kier molecular flexibility index (Phi) is 4.70. The normalized spacial score (nSPS) is 16.0. The van der Waals surface area contributed by atoms with Gasteiger partial charge in [-0.15, -0.1) is 0 Å². The van der Waals surface area contributed by atoms with Gasteiger partial charge in [0.1, 0.15) is 5.82 Å². The third kappa shape index (κ3) is 4.62. The van der Waals surface area contributed by atoms with E-state index in [4.69, 9.17) is 0 Å². The summed E-state index contributed by atoms with van der Waals surface area (Å²) in [6.45, 7) is 9.88. The topological polar surface area (TPSA) is 35.6 Å². The van der Waals surface area contributed by atoms with Gasteiger partial charge in [-0.1, -0.05) is 20.8 Å². The van der Waals surface area contributed by atoms with Crippen LogP contribution < -0.4 is 10.2 Å². The Morgan fingerprint density at radius 2 is 1.71 bits per heavy atom. The van der Waals surface area contributed by atoms with Gasteiger partial charge in [-0.25, -0.2) is 9.18 Å². The number of anilines is 1. The van der Waals surface area contributed by atoms with Crippen LogP contribution in [-0.2, 0) is 0 Å². The van der Waals surface area contributed by atoms with Crippen LogP contribution in [0.4, 0.5) is 14.9 Å². The lowest BCUT2D eigenvalue weighted by Gasteiger charge is -2.36. The van der Waals surface area contributed by atoms with Gasteiger partial charge in [0.2, 0.25) is 0 Å². The van der Waals surface area contributed by atoms with Crippen molar-refractivity contribution in [3.8, 4) is 0 Å². The van der Waals surface area contributed by atoms with E-state index in [1.807, 2.05) is 4.90 Å². The van der Waals surface area contributed by atoms with E-state index in [2.05, 4.69) is 31.0 Å². The summed E-state index contributed by atoms with van der Waals surface area (Å²) >= 11 is 0. The Balaban J connectivity index is 1.82. The van der Waals surface area contributed by atoms with Crippen LogP contribution in [0.25, 0.3) is 0 Å². The minimum Gasteiger partial charge on any atom is -0.368 e. The Hall–Kier alpha value is -1.78. The van der Waals surface area contributed by atoms with Gasteiger partial charge in [-0.2, -0.15) is 0 Å². The second-order valence-corrected chi connectivity index (χ2v) is 6.67. The Morgan fingerprint density at radius 3 is 2.24 bits per heavy atom. The van der Waals surface area contributed by atoms with Crippen LogP contribution in [-0.4, -0.2) is 43.7 Å². The molecule has 1 aromatic rings. The molecule has 5 heteroatoms. The van der Waals surface area contributed by atoms with Crippen LogP contribution in [0, 0.1) is 11.2 Å². The van der Waals surface area contributed by atoms with Crippen molar-refractivity contribution in [2.24, 2.45) is 5.41 Å². The first-order valence-corrected chi connectivity index (χ1v) is 7.38. The lowest BCUT2D eigenvalue weighted by atomic mass is 9.97. The van der Waals surface area contributed by atoms with Crippen LogP contribution in [0.1, 0.15) is 20.8 Å². The molecular weight excluding hydrogens is 269 g/mol. The standard InChI is InChI=1S/C16H24FN3O/c1-16(2,3)12-18-15(21)20-10-8-19(9-11-20)14-6-4-13(17)5-7-14/h4-7H,8-12H2,1-3H3,(H,18,21). The summed E-state index contributed by atoms with van der Waals surface area (Å²) in [4.78, 5) is 16.1. The molecule has 0 bridgehead atoms. The van der Waals surface area contributed by atoms with Gasteiger partial charge in [0.25, 0.3) is 0 Å². The summed E-state index contributed by atoms with van der Waals surface area (Å²) in [5.41, 5.74) is 1.09. The molecule has 4 nitrogen and oxygen atoms in total. The largest absolute Gasteiger partial charge is 0.368 e. The number of nitrogens with zero attached hydrogens (tertiary/aromatic N) is 2. The number of hydrogen-bond donors (Lipinski definition) is 1. The predicted molar refractivity (Wildman–Crippen MR) is 83.0 cm³/mol. The quantitative estimate of drug-likeness (QED) is 0.910. The van der Waals surface area contributed by atoms with E-state index in [9.17, 15) is 9.18 Å². The van der Waals surface area contributed by atoms with Crippen LogP contribution in [0.3, 0.4) is 0 Å². The summed E-state index contributed by atoms with van der Waals surface area (Å²) in [5.74, 6) is -0.223. The lowest BCUT2D eigenvalue weighted by molar-refractivity contribution is 0.189. The average molecular weight is 293 g/mol. The second-order valence-electron chi connectivity index (χ2n) is 6.67. The minimum atomic E-state index is -0.223. The van der Waals surface area contributed by atoms with Gasteiger partial charge in [0.15, 0.2) is 0 Å². The molecule has 2 rings (SSSR count). The molecule has 0 saturated carbocycles. The number of benzene rings is 1. The molecule has 1 aliphatic rings. The zero-order valence-electron chi connectivity index (χ0n) is 13.0. The number of nitrogens with one attached hydrogen (secondary N) is 1. The van der Waals surface area contributed by atoms with E-state index >= 15 is 0 Å². The molecule has 1 aliphatic heterocycles. The summed E-state index contributed by atoms with van der Waals surface area (Å²) in [6.07, 6.45) is 0.